The van der Waals surface area contributed by atoms with E-state index in [0.29, 0.717) is 30.3 Å². The average molecular weight is 256 g/mol. The summed E-state index contributed by atoms with van der Waals surface area (Å²) in [7, 11) is 1.78. The van der Waals surface area contributed by atoms with Crippen LogP contribution in [0.5, 0.6) is 0 Å². The van der Waals surface area contributed by atoms with Crippen LogP contribution >= 0.6 is 11.6 Å². The first-order chi connectivity index (χ1) is 7.99. The second-order valence-corrected chi connectivity index (χ2v) is 4.39. The Morgan fingerprint density at radius 1 is 1.35 bits per heavy atom. The summed E-state index contributed by atoms with van der Waals surface area (Å²) in [6.07, 6.45) is 0. The first-order valence-electron chi connectivity index (χ1n) is 5.27. The number of piperazine rings is 1. The number of carbonyl (C=O) groups excluding carboxylic acids is 1. The van der Waals surface area contributed by atoms with Crippen molar-refractivity contribution < 1.29 is 4.79 Å². The number of nitrogen functional groups attached to an aromatic ring is 1. The number of aryl methyl sites for hydroxylation is 1. The van der Waals surface area contributed by atoms with Crippen molar-refractivity contribution in [2.75, 3.05) is 37.3 Å². The molecule has 1 aliphatic heterocycles. The highest BCUT2D eigenvalue weighted by Gasteiger charge is 2.24. The fourth-order valence-electron chi connectivity index (χ4n) is 1.71. The molecule has 0 bridgehead atoms. The number of amides is 1. The number of nitrogens with two attached hydrogens (primary N) is 1. The normalized spacial score (nSPS) is 16.5. The number of anilines is 2. The summed E-state index contributed by atoms with van der Waals surface area (Å²) in [5.74, 6) is 0.590. The summed E-state index contributed by atoms with van der Waals surface area (Å²) in [4.78, 5) is 23.2. The lowest BCUT2D eigenvalue weighted by Crippen LogP contribution is -2.49. The monoisotopic (exact) mass is 255 g/mol. The van der Waals surface area contributed by atoms with Crippen LogP contribution in [0.3, 0.4) is 0 Å². The minimum absolute atomic E-state index is 0.0445. The molecular formula is C10H14ClN5O. The minimum Gasteiger partial charge on any atom is -0.394 e. The summed E-state index contributed by atoms with van der Waals surface area (Å²) >= 11 is 5.81. The van der Waals surface area contributed by atoms with E-state index >= 15 is 0 Å². The number of aromatic nitrogens is 2. The standard InChI is InChI=1S/C10H14ClN5O/c1-6-8(12)9(14-10(11)13-6)16-4-3-15(2)7(17)5-16/h3-5,12H2,1-2H3. The molecule has 1 aromatic heterocycles. The predicted molar refractivity (Wildman–Crippen MR) is 66.0 cm³/mol. The number of hydrogen-bond acceptors (Lipinski definition) is 5. The molecule has 0 aromatic carbocycles. The fourth-order valence-corrected chi connectivity index (χ4v) is 1.92. The maximum absolute atomic E-state index is 11.6. The topological polar surface area (TPSA) is 75.4 Å². The van der Waals surface area contributed by atoms with Crippen molar-refractivity contribution in [2.24, 2.45) is 0 Å². The van der Waals surface area contributed by atoms with E-state index < -0.39 is 0 Å². The molecule has 0 unspecified atom stereocenters. The first kappa shape index (κ1) is 11.9. The van der Waals surface area contributed by atoms with Gasteiger partial charge in [0.1, 0.15) is 0 Å². The van der Waals surface area contributed by atoms with E-state index in [0.717, 1.165) is 0 Å². The lowest BCUT2D eigenvalue weighted by atomic mass is 10.2. The van der Waals surface area contributed by atoms with Crippen molar-refractivity contribution in [1.82, 2.24) is 14.9 Å². The molecular weight excluding hydrogens is 242 g/mol. The van der Waals surface area contributed by atoms with E-state index in [2.05, 4.69) is 9.97 Å². The largest absolute Gasteiger partial charge is 0.394 e. The zero-order chi connectivity index (χ0) is 12.6. The molecule has 7 heteroatoms. The van der Waals surface area contributed by atoms with Crippen LogP contribution in [-0.2, 0) is 4.79 Å². The van der Waals surface area contributed by atoms with Crippen LogP contribution in [0, 0.1) is 6.92 Å². The Labute approximate surface area is 104 Å². The fraction of sp³-hybridized carbons (Fsp3) is 0.500. The van der Waals surface area contributed by atoms with Crippen LogP contribution in [0.15, 0.2) is 0 Å². The van der Waals surface area contributed by atoms with Gasteiger partial charge in [-0.25, -0.2) is 4.98 Å². The molecule has 2 N–H and O–H groups in total. The molecule has 0 aliphatic carbocycles. The molecule has 1 fully saturated rings. The molecule has 2 heterocycles. The molecule has 1 saturated heterocycles. The Kier molecular flexibility index (Phi) is 3.06. The van der Waals surface area contributed by atoms with E-state index in [1.807, 2.05) is 4.90 Å². The second-order valence-electron chi connectivity index (χ2n) is 4.05. The van der Waals surface area contributed by atoms with Gasteiger partial charge >= 0.3 is 0 Å². The molecule has 1 amide bonds. The highest BCUT2D eigenvalue weighted by atomic mass is 35.5. The summed E-state index contributed by atoms with van der Waals surface area (Å²) in [6.45, 7) is 3.38. The third kappa shape index (κ3) is 2.26. The van der Waals surface area contributed by atoms with Crippen LogP contribution in [0.4, 0.5) is 11.5 Å². The second kappa shape index (κ2) is 4.37. The van der Waals surface area contributed by atoms with Crippen molar-refractivity contribution in [3.8, 4) is 0 Å². The molecule has 1 aliphatic rings. The van der Waals surface area contributed by atoms with Gasteiger partial charge in [0.25, 0.3) is 0 Å². The Morgan fingerprint density at radius 3 is 2.71 bits per heavy atom. The van der Waals surface area contributed by atoms with Gasteiger partial charge in [-0.15, -0.1) is 0 Å². The van der Waals surface area contributed by atoms with Gasteiger partial charge < -0.3 is 15.5 Å². The van der Waals surface area contributed by atoms with Crippen LogP contribution in [0.2, 0.25) is 5.28 Å². The quantitative estimate of drug-likeness (QED) is 0.731. The SMILES string of the molecule is Cc1nc(Cl)nc(N2CCN(C)C(=O)C2)c1N. The van der Waals surface area contributed by atoms with Crippen molar-refractivity contribution in [2.45, 2.75) is 6.92 Å². The third-order valence-corrected chi connectivity index (χ3v) is 3.01. The van der Waals surface area contributed by atoms with E-state index in [1.165, 1.54) is 0 Å². The van der Waals surface area contributed by atoms with Crippen molar-refractivity contribution in [1.29, 1.82) is 0 Å². The van der Waals surface area contributed by atoms with Gasteiger partial charge in [0.05, 0.1) is 17.9 Å². The zero-order valence-electron chi connectivity index (χ0n) is 9.77. The molecule has 6 nitrogen and oxygen atoms in total. The van der Waals surface area contributed by atoms with Gasteiger partial charge in [-0.3, -0.25) is 4.79 Å². The van der Waals surface area contributed by atoms with Gasteiger partial charge in [-0.1, -0.05) is 0 Å². The first-order valence-corrected chi connectivity index (χ1v) is 5.65. The molecule has 1 aromatic rings. The number of hydrogen-bond donors (Lipinski definition) is 1. The van der Waals surface area contributed by atoms with Crippen LogP contribution in [0.25, 0.3) is 0 Å². The third-order valence-electron chi connectivity index (χ3n) is 2.85. The van der Waals surface area contributed by atoms with Gasteiger partial charge in [0.2, 0.25) is 11.2 Å². The zero-order valence-corrected chi connectivity index (χ0v) is 10.5. The molecule has 0 spiro atoms. The van der Waals surface area contributed by atoms with Crippen molar-refractivity contribution >= 4 is 29.0 Å². The lowest BCUT2D eigenvalue weighted by Gasteiger charge is -2.33. The minimum atomic E-state index is 0.0445. The highest BCUT2D eigenvalue weighted by molar-refractivity contribution is 6.28. The van der Waals surface area contributed by atoms with E-state index in [9.17, 15) is 4.79 Å². The summed E-state index contributed by atoms with van der Waals surface area (Å²) in [5.41, 5.74) is 7.02. The Hall–Kier alpha value is -1.56. The Balaban J connectivity index is 2.32. The van der Waals surface area contributed by atoms with E-state index in [1.54, 1.807) is 18.9 Å². The van der Waals surface area contributed by atoms with Crippen molar-refractivity contribution in [3.63, 3.8) is 0 Å². The molecule has 17 heavy (non-hydrogen) atoms. The molecule has 2 rings (SSSR count). The number of carbonyl (C=O) groups is 1. The highest BCUT2D eigenvalue weighted by Crippen LogP contribution is 2.25. The average Bonchev–Trinajstić information content (AvgIpc) is 2.27. The maximum atomic E-state index is 11.6. The van der Waals surface area contributed by atoms with Gasteiger partial charge in [0, 0.05) is 20.1 Å². The van der Waals surface area contributed by atoms with Gasteiger partial charge in [-0.05, 0) is 18.5 Å². The van der Waals surface area contributed by atoms with E-state index in [-0.39, 0.29) is 17.7 Å². The van der Waals surface area contributed by atoms with E-state index in [4.69, 9.17) is 17.3 Å². The Bertz CT molecular complexity index is 464. The Morgan fingerprint density at radius 2 is 2.06 bits per heavy atom. The lowest BCUT2D eigenvalue weighted by molar-refractivity contribution is -0.129. The summed E-state index contributed by atoms with van der Waals surface area (Å²) in [6, 6.07) is 0. The molecule has 0 saturated carbocycles. The van der Waals surface area contributed by atoms with Crippen molar-refractivity contribution in [3.05, 3.63) is 11.0 Å². The number of nitrogens with zero attached hydrogens (tertiary/aromatic N) is 4. The molecule has 0 radical (unpaired) electrons. The maximum Gasteiger partial charge on any atom is 0.241 e. The summed E-state index contributed by atoms with van der Waals surface area (Å²) < 4.78 is 0. The van der Waals surface area contributed by atoms with Crippen LogP contribution < -0.4 is 10.6 Å². The molecule has 92 valence electrons. The smallest absolute Gasteiger partial charge is 0.241 e. The van der Waals surface area contributed by atoms with Crippen LogP contribution in [-0.4, -0.2) is 47.5 Å². The van der Waals surface area contributed by atoms with Gasteiger partial charge in [0.15, 0.2) is 5.82 Å². The summed E-state index contributed by atoms with van der Waals surface area (Å²) in [5, 5.41) is 0.151. The van der Waals surface area contributed by atoms with Crippen LogP contribution in [0.1, 0.15) is 5.69 Å². The molecule has 0 atom stereocenters. The number of likely N-dealkylation sites (N-methyl/N-ethyl adjacent to an activating group) is 1. The van der Waals surface area contributed by atoms with Gasteiger partial charge in [-0.2, -0.15) is 4.98 Å². The number of halogens is 1. The predicted octanol–water partition coefficient (Wildman–Crippen LogP) is 0.299. The number of rotatable bonds is 1.